The third kappa shape index (κ3) is 10.2. The molecule has 3 heterocycles. The number of cyclic esters (lactones) is 1. The van der Waals surface area contributed by atoms with Gasteiger partial charge in [0.25, 0.3) is 0 Å². The molecule has 14 nitrogen and oxygen atoms in total. The first-order valence-corrected chi connectivity index (χ1v) is 19.8. The topological polar surface area (TPSA) is 192 Å². The molecule has 0 amide bonds. The van der Waals surface area contributed by atoms with Crippen LogP contribution in [0, 0.1) is 23.7 Å². The molecule has 54 heavy (non-hydrogen) atoms. The fraction of sp³-hybridized carbons (Fsp3) is 0.925. The molecule has 0 aromatic rings. The molecule has 316 valence electrons. The molecule has 3 fully saturated rings. The first-order valence-electron chi connectivity index (χ1n) is 19.8. The maximum atomic E-state index is 14.3. The Morgan fingerprint density at radius 1 is 0.963 bits per heavy atom. The van der Waals surface area contributed by atoms with Crippen LogP contribution >= 0.6 is 0 Å². The summed E-state index contributed by atoms with van der Waals surface area (Å²) in [6.07, 6.45) is -6.33. The summed E-state index contributed by atoms with van der Waals surface area (Å²) >= 11 is 0. The van der Waals surface area contributed by atoms with E-state index >= 15 is 0 Å². The zero-order valence-electron chi connectivity index (χ0n) is 35.1. The lowest BCUT2D eigenvalue weighted by atomic mass is 9.72. The van der Waals surface area contributed by atoms with Crippen LogP contribution in [0.3, 0.4) is 0 Å². The Balaban J connectivity index is 2.27. The fourth-order valence-corrected chi connectivity index (χ4v) is 8.99. The van der Waals surface area contributed by atoms with Gasteiger partial charge in [-0.25, -0.2) is 0 Å². The summed E-state index contributed by atoms with van der Waals surface area (Å²) in [5.74, 6) is -3.27. The third-order valence-electron chi connectivity index (χ3n) is 12.7. The number of methoxy groups -OCH3 is 1. The average Bonchev–Trinajstić information content (AvgIpc) is 3.11. The minimum atomic E-state index is -1.84. The van der Waals surface area contributed by atoms with Gasteiger partial charge >= 0.3 is 5.97 Å². The van der Waals surface area contributed by atoms with Crippen molar-refractivity contribution in [1.29, 1.82) is 0 Å². The summed E-state index contributed by atoms with van der Waals surface area (Å²) in [5.41, 5.74) is 2.87. The molecule has 3 saturated heterocycles. The first kappa shape index (κ1) is 47.1. The SMILES string of the molecule is C=CCO[C@@]1(C)C[C@@H](C)[C@H](N)[C@H](C)[C@@H](O)[C@](C)(O)[C@@H](CC)OC(=O)[C@H](C)[C@@H](O[C@H]2C[C@@](C)(OC)[C@@H](O)[C@H](C)O2)[C@H](C)[C@H]1O[C@@H]1O[C@H](C)C[C@H](N(C)C)[C@H]1O. The summed E-state index contributed by atoms with van der Waals surface area (Å²) < 4.78 is 44.8. The Bertz CT molecular complexity index is 1210. The molecule has 0 saturated carbocycles. The van der Waals surface area contributed by atoms with E-state index in [0.717, 1.165) is 0 Å². The highest BCUT2D eigenvalue weighted by molar-refractivity contribution is 5.73. The lowest BCUT2D eigenvalue weighted by Crippen LogP contribution is -2.62. The second kappa shape index (κ2) is 19.0. The normalized spacial score (nSPS) is 48.9. The molecule has 19 atom stereocenters. The van der Waals surface area contributed by atoms with E-state index in [4.69, 9.17) is 38.9 Å². The third-order valence-corrected chi connectivity index (χ3v) is 12.7. The summed E-state index contributed by atoms with van der Waals surface area (Å²) in [6.45, 7) is 21.9. The molecule has 0 aromatic carbocycles. The highest BCUT2D eigenvalue weighted by atomic mass is 16.7. The van der Waals surface area contributed by atoms with E-state index in [2.05, 4.69) is 6.58 Å². The summed E-state index contributed by atoms with van der Waals surface area (Å²) in [6, 6.07) is -0.904. The van der Waals surface area contributed by atoms with Crippen LogP contribution in [0.25, 0.3) is 0 Å². The number of hydrogen-bond donors (Lipinski definition) is 5. The zero-order chi connectivity index (χ0) is 41.1. The predicted octanol–water partition coefficient (Wildman–Crippen LogP) is 2.75. The van der Waals surface area contributed by atoms with Crippen LogP contribution in [0.5, 0.6) is 0 Å². The van der Waals surface area contributed by atoms with Crippen molar-refractivity contribution in [3.05, 3.63) is 12.7 Å². The van der Waals surface area contributed by atoms with Crippen LogP contribution in [-0.2, 0) is 38.0 Å². The zero-order valence-corrected chi connectivity index (χ0v) is 35.1. The predicted molar refractivity (Wildman–Crippen MR) is 203 cm³/mol. The molecule has 0 spiro atoms. The number of aliphatic hydroxyl groups is 4. The van der Waals surface area contributed by atoms with E-state index in [-0.39, 0.29) is 37.5 Å². The highest BCUT2D eigenvalue weighted by Crippen LogP contribution is 2.42. The van der Waals surface area contributed by atoms with Gasteiger partial charge in [0.05, 0.1) is 54.2 Å². The average molecular weight is 775 g/mol. The van der Waals surface area contributed by atoms with Gasteiger partial charge in [0.1, 0.15) is 23.9 Å². The van der Waals surface area contributed by atoms with Crippen LogP contribution in [0.2, 0.25) is 0 Å². The molecule has 0 bridgehead atoms. The Morgan fingerprint density at radius 3 is 2.15 bits per heavy atom. The molecule has 3 rings (SSSR count). The molecule has 3 aliphatic heterocycles. The molecule has 3 aliphatic rings. The number of hydrogen-bond acceptors (Lipinski definition) is 14. The van der Waals surface area contributed by atoms with Crippen molar-refractivity contribution in [2.24, 2.45) is 29.4 Å². The monoisotopic (exact) mass is 775 g/mol. The van der Waals surface area contributed by atoms with Crippen LogP contribution in [-0.4, -0.2) is 149 Å². The standard InChI is InChI=1S/C40H74N2O12/c1-15-17-49-39(10)19-21(3)30(41)23(5)33(44)40(11,47)28(16-2)52-36(46)25(7)32(53-29-20-38(9,48-14)34(45)26(8)51-29)24(6)35(39)54-37-31(43)27(42(12)13)18-22(4)50-37/h15,21-35,37,43-45,47H,1,16-20,41H2,2-14H3/t21-,22-,23+,24+,25-,26+,27+,28-,29+,30+,31-,32+,33-,34+,35-,37+,38-,39+,40-/m1/s1. The summed E-state index contributed by atoms with van der Waals surface area (Å²) in [5, 5.41) is 46.1. The maximum Gasteiger partial charge on any atom is 0.311 e. The van der Waals surface area contributed by atoms with Crippen molar-refractivity contribution in [2.45, 2.75) is 185 Å². The van der Waals surface area contributed by atoms with Gasteiger partial charge in [-0.2, -0.15) is 0 Å². The second-order valence-electron chi connectivity index (χ2n) is 17.3. The summed E-state index contributed by atoms with van der Waals surface area (Å²) in [7, 11) is 5.32. The molecule has 0 aromatic heterocycles. The Hall–Kier alpha value is -1.27. The Morgan fingerprint density at radius 2 is 1.59 bits per heavy atom. The maximum absolute atomic E-state index is 14.3. The number of esters is 1. The number of likely N-dealkylation sites (N-methyl/N-ethyl adjacent to an activating group) is 1. The van der Waals surface area contributed by atoms with Crippen LogP contribution < -0.4 is 5.73 Å². The van der Waals surface area contributed by atoms with Crippen LogP contribution in [0.4, 0.5) is 0 Å². The fourth-order valence-electron chi connectivity index (χ4n) is 8.99. The second-order valence-corrected chi connectivity index (χ2v) is 17.3. The number of nitrogens with zero attached hydrogens (tertiary/aromatic N) is 1. The number of nitrogens with two attached hydrogens (primary N) is 1. The van der Waals surface area contributed by atoms with Crippen molar-refractivity contribution >= 4 is 5.97 Å². The molecule has 0 unspecified atom stereocenters. The van der Waals surface area contributed by atoms with Crippen LogP contribution in [0.1, 0.15) is 94.9 Å². The molecule has 6 N–H and O–H groups in total. The van der Waals surface area contributed by atoms with Crippen molar-refractivity contribution < 1.29 is 58.4 Å². The van der Waals surface area contributed by atoms with Gasteiger partial charge in [0.15, 0.2) is 12.6 Å². The van der Waals surface area contributed by atoms with Gasteiger partial charge in [-0.3, -0.25) is 4.79 Å². The van der Waals surface area contributed by atoms with Gasteiger partial charge in [-0.15, -0.1) is 6.58 Å². The van der Waals surface area contributed by atoms with Crippen LogP contribution in [0.15, 0.2) is 12.7 Å². The van der Waals surface area contributed by atoms with E-state index in [0.29, 0.717) is 12.8 Å². The number of aliphatic hydroxyl groups excluding tert-OH is 3. The minimum absolute atomic E-state index is 0.136. The van der Waals surface area contributed by atoms with Crippen molar-refractivity contribution in [3.63, 3.8) is 0 Å². The largest absolute Gasteiger partial charge is 0.459 e. The quantitative estimate of drug-likeness (QED) is 0.161. The van der Waals surface area contributed by atoms with Gasteiger partial charge in [0.2, 0.25) is 0 Å². The lowest BCUT2D eigenvalue weighted by Gasteiger charge is -2.50. The van der Waals surface area contributed by atoms with Gasteiger partial charge in [-0.05, 0) is 80.8 Å². The molecular weight excluding hydrogens is 700 g/mol. The van der Waals surface area contributed by atoms with Gasteiger partial charge < -0.3 is 64.2 Å². The Kier molecular flexibility index (Phi) is 16.6. The summed E-state index contributed by atoms with van der Waals surface area (Å²) in [4.78, 5) is 16.3. The van der Waals surface area contributed by atoms with Crippen molar-refractivity contribution in [3.8, 4) is 0 Å². The smallest absolute Gasteiger partial charge is 0.311 e. The van der Waals surface area contributed by atoms with E-state index in [1.807, 2.05) is 46.7 Å². The molecule has 0 aliphatic carbocycles. The van der Waals surface area contributed by atoms with Gasteiger partial charge in [-0.1, -0.05) is 33.8 Å². The molecule has 0 radical (unpaired) electrons. The number of carbonyl (C=O) groups excluding carboxylic acids is 1. The number of carbonyl (C=O) groups is 1. The van der Waals surface area contributed by atoms with Crippen molar-refractivity contribution in [1.82, 2.24) is 4.90 Å². The first-order chi connectivity index (χ1) is 25.0. The molecular formula is C40H74N2O12. The van der Waals surface area contributed by atoms with E-state index in [1.54, 1.807) is 40.7 Å². The molecule has 14 heteroatoms. The highest BCUT2D eigenvalue weighted by Gasteiger charge is 2.54. The minimum Gasteiger partial charge on any atom is -0.459 e. The number of ether oxygens (including phenoxy) is 7. The number of rotatable bonds is 10. The van der Waals surface area contributed by atoms with Crippen molar-refractivity contribution in [2.75, 3.05) is 27.8 Å². The lowest BCUT2D eigenvalue weighted by molar-refractivity contribution is -0.320. The van der Waals surface area contributed by atoms with E-state index in [9.17, 15) is 25.2 Å². The van der Waals surface area contributed by atoms with Gasteiger partial charge in [0, 0.05) is 37.5 Å². The Labute approximate surface area is 323 Å². The van der Waals surface area contributed by atoms with E-state index in [1.165, 1.54) is 14.0 Å². The van der Waals surface area contributed by atoms with E-state index < -0.39 is 102 Å².